The van der Waals surface area contributed by atoms with Gasteiger partial charge in [-0.05, 0) is 38.5 Å². The molecule has 1 saturated carbocycles. The molecule has 21 heavy (non-hydrogen) atoms. The van der Waals surface area contributed by atoms with Crippen molar-refractivity contribution in [1.29, 1.82) is 0 Å². The van der Waals surface area contributed by atoms with E-state index in [0.29, 0.717) is 6.54 Å². The summed E-state index contributed by atoms with van der Waals surface area (Å²) in [6.45, 7) is 8.34. The molecule has 5 nitrogen and oxygen atoms in total. The monoisotopic (exact) mass is 297 g/mol. The van der Waals surface area contributed by atoms with Crippen LogP contribution in [0.1, 0.15) is 52.9 Å². The molecule has 0 aromatic carbocycles. The van der Waals surface area contributed by atoms with E-state index in [4.69, 9.17) is 0 Å². The lowest BCUT2D eigenvalue weighted by molar-refractivity contribution is 0.00777. The number of hydrogen-bond acceptors (Lipinski definition) is 3. The zero-order valence-electron chi connectivity index (χ0n) is 13.7. The molecule has 1 aliphatic carbocycles. The third-order valence-corrected chi connectivity index (χ3v) is 5.21. The molecule has 0 aromatic rings. The highest BCUT2D eigenvalue weighted by atomic mass is 16.3. The molecule has 3 N–H and O–H groups in total. The number of rotatable bonds is 6. The van der Waals surface area contributed by atoms with Crippen LogP contribution in [0.2, 0.25) is 0 Å². The first-order chi connectivity index (χ1) is 9.92. The Bertz CT molecular complexity index is 347. The first-order valence-corrected chi connectivity index (χ1v) is 8.43. The highest BCUT2D eigenvalue weighted by Crippen LogP contribution is 2.29. The molecule has 2 rings (SSSR count). The average Bonchev–Trinajstić information content (AvgIpc) is 3.30. The number of hydrogen-bond donors (Lipinski definition) is 3. The van der Waals surface area contributed by atoms with Gasteiger partial charge in [0.25, 0.3) is 0 Å². The number of nitrogens with zero attached hydrogens (tertiary/aromatic N) is 1. The van der Waals surface area contributed by atoms with Crippen LogP contribution in [0.5, 0.6) is 0 Å². The largest absolute Gasteiger partial charge is 0.388 e. The Balaban J connectivity index is 1.65. The Morgan fingerprint density at radius 3 is 2.48 bits per heavy atom. The quantitative estimate of drug-likeness (QED) is 0.699. The SMILES string of the molecule is CCC(C)C(C)(O)CNC(=O)NC1CCN(C2CC2)CC1. The Kier molecular flexibility index (Phi) is 5.49. The molecule has 0 spiro atoms. The van der Waals surface area contributed by atoms with Crippen molar-refractivity contribution < 1.29 is 9.90 Å². The third-order valence-electron chi connectivity index (χ3n) is 5.21. The van der Waals surface area contributed by atoms with Crippen LogP contribution < -0.4 is 10.6 Å². The van der Waals surface area contributed by atoms with E-state index in [-0.39, 0.29) is 18.0 Å². The number of amides is 2. The van der Waals surface area contributed by atoms with E-state index in [9.17, 15) is 9.90 Å². The summed E-state index contributed by atoms with van der Waals surface area (Å²) >= 11 is 0. The molecule has 0 bridgehead atoms. The van der Waals surface area contributed by atoms with Gasteiger partial charge in [0.1, 0.15) is 0 Å². The van der Waals surface area contributed by atoms with Gasteiger partial charge in [-0.1, -0.05) is 20.3 Å². The Morgan fingerprint density at radius 2 is 1.95 bits per heavy atom. The number of nitrogens with one attached hydrogen (secondary N) is 2. The molecule has 1 aliphatic heterocycles. The number of carbonyl (C=O) groups is 1. The predicted octanol–water partition coefficient (Wildman–Crippen LogP) is 1.71. The van der Waals surface area contributed by atoms with Gasteiger partial charge in [-0.3, -0.25) is 0 Å². The lowest BCUT2D eigenvalue weighted by Crippen LogP contribution is -2.52. The molecule has 1 saturated heterocycles. The van der Waals surface area contributed by atoms with E-state index in [1.807, 2.05) is 13.8 Å². The first kappa shape index (κ1) is 16.6. The van der Waals surface area contributed by atoms with Crippen molar-refractivity contribution in [2.75, 3.05) is 19.6 Å². The van der Waals surface area contributed by atoms with E-state index >= 15 is 0 Å². The molecular formula is C16H31N3O2. The van der Waals surface area contributed by atoms with E-state index in [2.05, 4.69) is 15.5 Å². The average molecular weight is 297 g/mol. The highest BCUT2D eigenvalue weighted by molar-refractivity contribution is 5.74. The summed E-state index contributed by atoms with van der Waals surface area (Å²) in [5, 5.41) is 16.1. The van der Waals surface area contributed by atoms with Crippen molar-refractivity contribution >= 4 is 6.03 Å². The van der Waals surface area contributed by atoms with E-state index < -0.39 is 5.60 Å². The second-order valence-corrected chi connectivity index (χ2v) is 7.03. The minimum atomic E-state index is -0.846. The maximum absolute atomic E-state index is 11.9. The van der Waals surface area contributed by atoms with Crippen molar-refractivity contribution in [3.05, 3.63) is 0 Å². The van der Waals surface area contributed by atoms with Gasteiger partial charge < -0.3 is 20.6 Å². The summed E-state index contributed by atoms with van der Waals surface area (Å²) in [5.74, 6) is 0.166. The molecule has 2 aliphatic rings. The van der Waals surface area contributed by atoms with Gasteiger partial charge in [-0.25, -0.2) is 4.79 Å². The van der Waals surface area contributed by atoms with Crippen LogP contribution in [0.15, 0.2) is 0 Å². The summed E-state index contributed by atoms with van der Waals surface area (Å²) in [4.78, 5) is 14.5. The standard InChI is InChI=1S/C16H31N3O2/c1-4-12(2)16(3,21)11-17-15(20)18-13-7-9-19(10-8-13)14-5-6-14/h12-14,21H,4-11H2,1-3H3,(H2,17,18,20). The topological polar surface area (TPSA) is 64.6 Å². The van der Waals surface area contributed by atoms with Crippen molar-refractivity contribution in [1.82, 2.24) is 15.5 Å². The summed E-state index contributed by atoms with van der Waals surface area (Å²) in [6.07, 6.45) is 5.67. The van der Waals surface area contributed by atoms with Gasteiger partial charge in [0, 0.05) is 31.7 Å². The van der Waals surface area contributed by atoms with Crippen molar-refractivity contribution in [2.45, 2.75) is 70.6 Å². The summed E-state index contributed by atoms with van der Waals surface area (Å²) < 4.78 is 0. The van der Waals surface area contributed by atoms with Gasteiger partial charge in [0.2, 0.25) is 0 Å². The third kappa shape index (κ3) is 4.85. The molecule has 2 amide bonds. The molecule has 0 aromatic heterocycles. The van der Waals surface area contributed by atoms with E-state index in [0.717, 1.165) is 38.4 Å². The van der Waals surface area contributed by atoms with Gasteiger partial charge in [0.15, 0.2) is 0 Å². The number of urea groups is 1. The van der Waals surface area contributed by atoms with Crippen molar-refractivity contribution in [2.24, 2.45) is 5.92 Å². The lowest BCUT2D eigenvalue weighted by Gasteiger charge is -2.33. The van der Waals surface area contributed by atoms with Crippen LogP contribution >= 0.6 is 0 Å². The number of aliphatic hydroxyl groups is 1. The van der Waals surface area contributed by atoms with Crippen LogP contribution in [0, 0.1) is 5.92 Å². The van der Waals surface area contributed by atoms with Crippen molar-refractivity contribution in [3.63, 3.8) is 0 Å². The maximum atomic E-state index is 11.9. The van der Waals surface area contributed by atoms with E-state index in [1.165, 1.54) is 12.8 Å². The molecule has 5 heteroatoms. The fraction of sp³-hybridized carbons (Fsp3) is 0.938. The highest BCUT2D eigenvalue weighted by Gasteiger charge is 2.32. The smallest absolute Gasteiger partial charge is 0.315 e. The van der Waals surface area contributed by atoms with Crippen LogP contribution in [-0.2, 0) is 0 Å². The normalized spacial score (nSPS) is 25.1. The Hall–Kier alpha value is -0.810. The van der Waals surface area contributed by atoms with Gasteiger partial charge in [-0.15, -0.1) is 0 Å². The van der Waals surface area contributed by atoms with Crippen LogP contribution in [0.25, 0.3) is 0 Å². The fourth-order valence-corrected chi connectivity index (χ4v) is 2.96. The lowest BCUT2D eigenvalue weighted by atomic mass is 9.89. The molecular weight excluding hydrogens is 266 g/mol. The van der Waals surface area contributed by atoms with Crippen LogP contribution in [0.4, 0.5) is 4.79 Å². The fourth-order valence-electron chi connectivity index (χ4n) is 2.96. The molecule has 122 valence electrons. The molecule has 1 heterocycles. The molecule has 2 fully saturated rings. The van der Waals surface area contributed by atoms with Crippen molar-refractivity contribution in [3.8, 4) is 0 Å². The van der Waals surface area contributed by atoms with E-state index in [1.54, 1.807) is 6.92 Å². The summed E-state index contributed by atoms with van der Waals surface area (Å²) in [7, 11) is 0. The number of carbonyl (C=O) groups excluding carboxylic acids is 1. The summed E-state index contributed by atoms with van der Waals surface area (Å²) in [6, 6.07) is 0.947. The van der Waals surface area contributed by atoms with Gasteiger partial charge in [0.05, 0.1) is 5.60 Å². The van der Waals surface area contributed by atoms with Gasteiger partial charge >= 0.3 is 6.03 Å². The zero-order valence-corrected chi connectivity index (χ0v) is 13.7. The molecule has 2 unspecified atom stereocenters. The molecule has 0 radical (unpaired) electrons. The minimum Gasteiger partial charge on any atom is -0.388 e. The molecule has 2 atom stereocenters. The Labute approximate surface area is 128 Å². The second kappa shape index (κ2) is 6.97. The van der Waals surface area contributed by atoms with Gasteiger partial charge in [-0.2, -0.15) is 0 Å². The first-order valence-electron chi connectivity index (χ1n) is 8.43. The van der Waals surface area contributed by atoms with Crippen LogP contribution in [0.3, 0.4) is 0 Å². The van der Waals surface area contributed by atoms with Crippen LogP contribution in [-0.4, -0.2) is 53.4 Å². The number of likely N-dealkylation sites (tertiary alicyclic amines) is 1. The maximum Gasteiger partial charge on any atom is 0.315 e. The number of piperidine rings is 1. The predicted molar refractivity (Wildman–Crippen MR) is 84.2 cm³/mol. The minimum absolute atomic E-state index is 0.150. The summed E-state index contributed by atoms with van der Waals surface area (Å²) in [5.41, 5.74) is -0.846. The second-order valence-electron chi connectivity index (χ2n) is 7.03. The Morgan fingerprint density at radius 1 is 1.33 bits per heavy atom. The zero-order chi connectivity index (χ0) is 15.5.